The number of anilines is 2. The van der Waals surface area contributed by atoms with Crippen molar-refractivity contribution in [3.8, 4) is 0 Å². The molecule has 3 aromatic carbocycles. The zero-order valence-electron chi connectivity index (χ0n) is 19.8. The summed E-state index contributed by atoms with van der Waals surface area (Å²) in [7, 11) is -1.11. The van der Waals surface area contributed by atoms with E-state index in [1.165, 1.54) is 49.0 Å². The zero-order chi connectivity index (χ0) is 22.8. The molecule has 0 saturated carbocycles. The fourth-order valence-corrected chi connectivity index (χ4v) is 6.82. The van der Waals surface area contributed by atoms with Gasteiger partial charge in [-0.3, -0.25) is 0 Å². The maximum atomic E-state index is 13.3. The van der Waals surface area contributed by atoms with Gasteiger partial charge in [0.1, 0.15) is 0 Å². The van der Waals surface area contributed by atoms with E-state index in [-0.39, 0.29) is 0 Å². The van der Waals surface area contributed by atoms with Gasteiger partial charge >= 0.3 is 0 Å². The molecule has 0 spiro atoms. The van der Waals surface area contributed by atoms with Crippen LogP contribution in [0.25, 0.3) is 0 Å². The highest BCUT2D eigenvalue weighted by Gasteiger charge is 2.29. The predicted octanol–water partition coefficient (Wildman–Crippen LogP) is 6.27. The van der Waals surface area contributed by atoms with E-state index in [9.17, 15) is 4.21 Å². The highest BCUT2D eigenvalue weighted by Crippen LogP contribution is 2.44. The Hall–Kier alpha value is -2.43. The molecule has 0 bridgehead atoms. The molecule has 3 nitrogen and oxygen atoms in total. The van der Waals surface area contributed by atoms with Gasteiger partial charge in [-0.2, -0.15) is 0 Å². The summed E-state index contributed by atoms with van der Waals surface area (Å²) >= 11 is 0. The van der Waals surface area contributed by atoms with Crippen molar-refractivity contribution in [3.63, 3.8) is 0 Å². The molecule has 3 aromatic rings. The van der Waals surface area contributed by atoms with Gasteiger partial charge < -0.3 is 9.80 Å². The van der Waals surface area contributed by atoms with Crippen LogP contribution in [0.15, 0.2) is 76.5 Å². The van der Waals surface area contributed by atoms with Crippen LogP contribution in [0.2, 0.25) is 0 Å². The van der Waals surface area contributed by atoms with Crippen molar-refractivity contribution >= 4 is 22.2 Å². The van der Waals surface area contributed by atoms with Gasteiger partial charge in [-0.1, -0.05) is 48.5 Å². The van der Waals surface area contributed by atoms with Crippen LogP contribution in [-0.4, -0.2) is 35.3 Å². The zero-order valence-corrected chi connectivity index (χ0v) is 20.6. The summed E-state index contributed by atoms with van der Waals surface area (Å²) in [5.41, 5.74) is 6.25. The maximum absolute atomic E-state index is 13.3. The van der Waals surface area contributed by atoms with Crippen LogP contribution in [0, 0.1) is 19.8 Å². The van der Waals surface area contributed by atoms with Crippen LogP contribution >= 0.6 is 0 Å². The Morgan fingerprint density at radius 1 is 0.848 bits per heavy atom. The number of rotatable bonds is 6. The lowest BCUT2D eigenvalue weighted by Crippen LogP contribution is -2.36. The van der Waals surface area contributed by atoms with Crippen LogP contribution in [0.5, 0.6) is 0 Å². The molecule has 0 aliphatic carbocycles. The van der Waals surface area contributed by atoms with E-state index in [1.807, 2.05) is 12.1 Å². The molecule has 0 aromatic heterocycles. The van der Waals surface area contributed by atoms with E-state index >= 15 is 0 Å². The van der Waals surface area contributed by atoms with E-state index in [2.05, 4.69) is 78.2 Å². The Kier molecular flexibility index (Phi) is 6.66. The third-order valence-corrected chi connectivity index (χ3v) is 8.89. The minimum atomic E-state index is -1.11. The Balaban J connectivity index is 1.23. The quantitative estimate of drug-likeness (QED) is 0.435. The lowest BCUT2D eigenvalue weighted by atomic mass is 9.90. The summed E-state index contributed by atoms with van der Waals surface area (Å²) in [5.74, 6) is 0.810. The summed E-state index contributed by atoms with van der Waals surface area (Å²) in [6, 6.07) is 23.3. The molecular weight excluding hydrogens is 424 g/mol. The van der Waals surface area contributed by atoms with Crippen LogP contribution in [0.4, 0.5) is 11.4 Å². The Morgan fingerprint density at radius 2 is 1.58 bits per heavy atom. The average Bonchev–Trinajstić information content (AvgIpc) is 2.85. The van der Waals surface area contributed by atoms with Crippen molar-refractivity contribution in [1.29, 1.82) is 0 Å². The number of piperidine rings is 1. The van der Waals surface area contributed by atoms with E-state index in [4.69, 9.17) is 0 Å². The Morgan fingerprint density at radius 3 is 2.36 bits per heavy atom. The largest absolute Gasteiger partial charge is 0.339 e. The molecule has 2 aliphatic heterocycles. The third-order valence-electron chi connectivity index (χ3n) is 7.42. The molecule has 1 unspecified atom stereocenters. The highest BCUT2D eigenvalue weighted by molar-refractivity contribution is 7.85. The van der Waals surface area contributed by atoms with E-state index in [1.54, 1.807) is 0 Å². The van der Waals surface area contributed by atoms with E-state index in [0.717, 1.165) is 46.6 Å². The number of para-hydroxylation sites is 1. The van der Waals surface area contributed by atoms with Gasteiger partial charge in [0.25, 0.3) is 0 Å². The SMILES string of the molecule is Cc1ccc2c(c1C)N(CCCN1CCC(Cc3ccccc3)CC1)c1ccccc1S2=O. The van der Waals surface area contributed by atoms with Gasteiger partial charge in [0.05, 0.1) is 32.0 Å². The number of fused-ring (bicyclic) bond motifs is 2. The minimum Gasteiger partial charge on any atom is -0.339 e. The fraction of sp³-hybridized carbons (Fsp3) is 0.379. The van der Waals surface area contributed by atoms with Gasteiger partial charge in [0.15, 0.2) is 0 Å². The van der Waals surface area contributed by atoms with Crippen LogP contribution < -0.4 is 4.90 Å². The first-order valence-electron chi connectivity index (χ1n) is 12.3. The van der Waals surface area contributed by atoms with Gasteiger partial charge in [-0.25, -0.2) is 4.21 Å². The summed E-state index contributed by atoms with van der Waals surface area (Å²) in [5, 5.41) is 0. The van der Waals surface area contributed by atoms with Crippen molar-refractivity contribution in [1.82, 2.24) is 4.90 Å². The Labute approximate surface area is 200 Å². The molecule has 172 valence electrons. The Bertz CT molecular complexity index is 1140. The first-order valence-corrected chi connectivity index (χ1v) is 13.4. The van der Waals surface area contributed by atoms with Crippen LogP contribution in [-0.2, 0) is 17.2 Å². The summed E-state index contributed by atoms with van der Waals surface area (Å²) in [6.45, 7) is 8.80. The monoisotopic (exact) mass is 458 g/mol. The normalized spacial score (nSPS) is 18.7. The molecule has 1 saturated heterocycles. The molecule has 0 N–H and O–H groups in total. The molecule has 2 aliphatic rings. The molecule has 0 amide bonds. The maximum Gasteiger partial charge on any atom is 0.0892 e. The first-order chi connectivity index (χ1) is 16.1. The van der Waals surface area contributed by atoms with Crippen molar-refractivity contribution in [3.05, 3.63) is 83.4 Å². The second kappa shape index (κ2) is 9.82. The van der Waals surface area contributed by atoms with E-state index in [0.29, 0.717) is 0 Å². The van der Waals surface area contributed by atoms with E-state index < -0.39 is 10.8 Å². The molecule has 1 atom stereocenters. The summed E-state index contributed by atoms with van der Waals surface area (Å²) < 4.78 is 13.3. The molecule has 4 heteroatoms. The number of hydrogen-bond donors (Lipinski definition) is 0. The first kappa shape index (κ1) is 22.4. The number of hydrogen-bond acceptors (Lipinski definition) is 3. The smallest absolute Gasteiger partial charge is 0.0892 e. The lowest BCUT2D eigenvalue weighted by Gasteiger charge is -2.36. The molecular formula is C29H34N2OS. The second-order valence-corrected chi connectivity index (χ2v) is 11.0. The molecule has 1 fully saturated rings. The fourth-order valence-electron chi connectivity index (χ4n) is 5.38. The van der Waals surface area contributed by atoms with Gasteiger partial charge in [-0.05, 0) is 100.0 Å². The molecule has 33 heavy (non-hydrogen) atoms. The van der Waals surface area contributed by atoms with Crippen molar-refractivity contribution < 1.29 is 4.21 Å². The topological polar surface area (TPSA) is 23.6 Å². The number of aryl methyl sites for hydroxylation is 1. The van der Waals surface area contributed by atoms with Crippen molar-refractivity contribution in [2.75, 3.05) is 31.1 Å². The average molecular weight is 459 g/mol. The molecule has 0 radical (unpaired) electrons. The highest BCUT2D eigenvalue weighted by atomic mass is 32.2. The van der Waals surface area contributed by atoms with Crippen molar-refractivity contribution in [2.45, 2.75) is 49.3 Å². The predicted molar refractivity (Wildman–Crippen MR) is 138 cm³/mol. The minimum absolute atomic E-state index is 0.810. The molecule has 5 rings (SSSR count). The van der Waals surface area contributed by atoms with Crippen molar-refractivity contribution in [2.24, 2.45) is 5.92 Å². The third kappa shape index (κ3) is 4.64. The van der Waals surface area contributed by atoms with Gasteiger partial charge in [0.2, 0.25) is 0 Å². The molecule has 2 heterocycles. The lowest BCUT2D eigenvalue weighted by molar-refractivity contribution is 0.183. The number of likely N-dealkylation sites (tertiary alicyclic amines) is 1. The van der Waals surface area contributed by atoms with Crippen LogP contribution in [0.3, 0.4) is 0 Å². The standard InChI is InChI=1S/C29H34N2OS/c1-22-13-14-28-29(23(22)2)31(26-11-6-7-12-27(26)33(28)32)18-8-17-30-19-15-25(16-20-30)21-24-9-4-3-5-10-24/h3-7,9-14,25H,8,15-21H2,1-2H3. The summed E-state index contributed by atoms with van der Waals surface area (Å²) in [4.78, 5) is 6.96. The van der Waals surface area contributed by atoms with Gasteiger partial charge in [-0.15, -0.1) is 0 Å². The number of benzene rings is 3. The second-order valence-electron chi connectivity index (χ2n) is 9.57. The van der Waals surface area contributed by atoms with Crippen LogP contribution in [0.1, 0.15) is 36.0 Å². The summed E-state index contributed by atoms with van der Waals surface area (Å²) in [6.07, 6.45) is 4.91. The van der Waals surface area contributed by atoms with Gasteiger partial charge in [0, 0.05) is 6.54 Å². The number of nitrogens with zero attached hydrogens (tertiary/aromatic N) is 2.